The molecule has 0 spiro atoms. The zero-order valence-electron chi connectivity index (χ0n) is 11.7. The van der Waals surface area contributed by atoms with Crippen molar-refractivity contribution in [2.75, 3.05) is 4.90 Å². The summed E-state index contributed by atoms with van der Waals surface area (Å²) in [6.45, 7) is 0. The molecule has 21 heavy (non-hydrogen) atoms. The van der Waals surface area contributed by atoms with E-state index >= 15 is 0 Å². The Balaban J connectivity index is 1.80. The number of piperidine rings is 1. The molecule has 0 saturated carbocycles. The van der Waals surface area contributed by atoms with Gasteiger partial charge in [0.25, 0.3) is 5.91 Å². The lowest BCUT2D eigenvalue weighted by Gasteiger charge is -2.39. The topological polar surface area (TPSA) is 96.5 Å². The van der Waals surface area contributed by atoms with E-state index in [9.17, 15) is 9.59 Å². The van der Waals surface area contributed by atoms with Gasteiger partial charge in [-0.25, -0.2) is 4.98 Å². The number of rotatable bonds is 4. The molecule has 0 radical (unpaired) electrons. The number of anilines is 1. The minimum absolute atomic E-state index is 0.246. The molecule has 2 aliphatic rings. The lowest BCUT2D eigenvalue weighted by atomic mass is 9.88. The summed E-state index contributed by atoms with van der Waals surface area (Å²) in [5.74, 6) is -0.213. The third kappa shape index (κ3) is 2.70. The van der Waals surface area contributed by atoms with E-state index < -0.39 is 11.9 Å². The number of aromatic nitrogens is 1. The average Bonchev–Trinajstić information content (AvgIpc) is 2.70. The molecule has 1 aromatic rings. The molecule has 1 amide bonds. The fourth-order valence-corrected chi connectivity index (χ4v) is 3.78. The molecule has 2 saturated heterocycles. The van der Waals surface area contributed by atoms with Crippen molar-refractivity contribution in [1.29, 1.82) is 0 Å². The highest BCUT2D eigenvalue weighted by Gasteiger charge is 2.41. The van der Waals surface area contributed by atoms with Gasteiger partial charge < -0.3 is 15.7 Å². The molecule has 2 aliphatic heterocycles. The van der Waals surface area contributed by atoms with Crippen LogP contribution in [0.5, 0.6) is 0 Å². The van der Waals surface area contributed by atoms with Crippen LogP contribution in [-0.4, -0.2) is 34.1 Å². The normalized spacial score (nSPS) is 27.6. The number of amides is 1. The minimum Gasteiger partial charge on any atom is -0.481 e. The quantitative estimate of drug-likeness (QED) is 0.873. The highest BCUT2D eigenvalue weighted by atomic mass is 16.4. The highest BCUT2D eigenvalue weighted by molar-refractivity contribution is 5.91. The number of primary amides is 1. The van der Waals surface area contributed by atoms with Gasteiger partial charge in [-0.05, 0) is 43.7 Å². The number of hydrogen-bond acceptors (Lipinski definition) is 4. The van der Waals surface area contributed by atoms with Crippen molar-refractivity contribution in [2.45, 2.75) is 44.2 Å². The van der Waals surface area contributed by atoms with Crippen molar-refractivity contribution < 1.29 is 14.7 Å². The molecule has 3 N–H and O–H groups in total. The first kappa shape index (κ1) is 13.9. The SMILES string of the molecule is NC(=O)c1cccc(N2C3CCC2CC(CC(=O)O)C3)n1. The van der Waals surface area contributed by atoms with Crippen LogP contribution in [0.4, 0.5) is 5.82 Å². The van der Waals surface area contributed by atoms with Gasteiger partial charge in [0.05, 0.1) is 0 Å². The summed E-state index contributed by atoms with van der Waals surface area (Å²) < 4.78 is 0. The van der Waals surface area contributed by atoms with Crippen molar-refractivity contribution in [1.82, 2.24) is 4.98 Å². The van der Waals surface area contributed by atoms with E-state index in [1.165, 1.54) is 0 Å². The number of fused-ring (bicyclic) bond motifs is 2. The summed E-state index contributed by atoms with van der Waals surface area (Å²) >= 11 is 0. The number of carboxylic acid groups (broad SMARTS) is 1. The number of hydrogen-bond donors (Lipinski definition) is 2. The number of pyridine rings is 1. The van der Waals surface area contributed by atoms with Gasteiger partial charge in [0.15, 0.2) is 0 Å². The zero-order valence-corrected chi connectivity index (χ0v) is 11.7. The lowest BCUT2D eigenvalue weighted by Crippen LogP contribution is -2.44. The highest BCUT2D eigenvalue weighted by Crippen LogP contribution is 2.41. The number of carbonyl (C=O) groups excluding carboxylic acids is 1. The van der Waals surface area contributed by atoms with Crippen LogP contribution in [0.3, 0.4) is 0 Å². The molecule has 112 valence electrons. The van der Waals surface area contributed by atoms with E-state index in [0.717, 1.165) is 31.5 Å². The predicted molar refractivity (Wildman–Crippen MR) is 77.0 cm³/mol. The Hall–Kier alpha value is -2.11. The Morgan fingerprint density at radius 1 is 1.29 bits per heavy atom. The maximum atomic E-state index is 11.3. The van der Waals surface area contributed by atoms with Crippen LogP contribution in [0.1, 0.15) is 42.6 Å². The molecular formula is C15H19N3O3. The standard InChI is InChI=1S/C15H19N3O3/c16-15(21)12-2-1-3-13(17-12)18-10-4-5-11(18)7-9(6-10)8-14(19)20/h1-3,9-11H,4-8H2,(H2,16,21)(H,19,20). The average molecular weight is 289 g/mol. The number of carbonyl (C=O) groups is 2. The molecule has 0 aliphatic carbocycles. The maximum Gasteiger partial charge on any atom is 0.303 e. The van der Waals surface area contributed by atoms with Crippen molar-refractivity contribution in [3.63, 3.8) is 0 Å². The maximum absolute atomic E-state index is 11.3. The summed E-state index contributed by atoms with van der Waals surface area (Å²) in [6.07, 6.45) is 4.12. The molecule has 3 heterocycles. The monoisotopic (exact) mass is 289 g/mol. The molecular weight excluding hydrogens is 270 g/mol. The van der Waals surface area contributed by atoms with Gasteiger partial charge in [0.2, 0.25) is 0 Å². The fraction of sp³-hybridized carbons (Fsp3) is 0.533. The van der Waals surface area contributed by atoms with Gasteiger partial charge in [-0.3, -0.25) is 9.59 Å². The Bertz CT molecular complexity index is 561. The Labute approximate surface area is 123 Å². The second-order valence-electron chi connectivity index (χ2n) is 5.97. The lowest BCUT2D eigenvalue weighted by molar-refractivity contribution is -0.138. The second-order valence-corrected chi connectivity index (χ2v) is 5.97. The number of aliphatic carboxylic acids is 1. The number of nitrogens with zero attached hydrogens (tertiary/aromatic N) is 2. The van der Waals surface area contributed by atoms with Crippen molar-refractivity contribution >= 4 is 17.7 Å². The van der Waals surface area contributed by atoms with Gasteiger partial charge in [0, 0.05) is 18.5 Å². The minimum atomic E-state index is -0.721. The first-order valence-corrected chi connectivity index (χ1v) is 7.31. The van der Waals surface area contributed by atoms with Crippen LogP contribution in [0.15, 0.2) is 18.2 Å². The molecule has 6 nitrogen and oxygen atoms in total. The van der Waals surface area contributed by atoms with Crippen LogP contribution < -0.4 is 10.6 Å². The first-order chi connectivity index (χ1) is 10.0. The molecule has 1 aromatic heterocycles. The van der Waals surface area contributed by atoms with Gasteiger partial charge in [-0.15, -0.1) is 0 Å². The Kier molecular flexibility index (Phi) is 3.53. The van der Waals surface area contributed by atoms with E-state index in [1.807, 2.05) is 6.07 Å². The van der Waals surface area contributed by atoms with Crippen LogP contribution in [0.2, 0.25) is 0 Å². The van der Waals surface area contributed by atoms with Gasteiger partial charge in [-0.2, -0.15) is 0 Å². The van der Waals surface area contributed by atoms with Gasteiger partial charge in [0.1, 0.15) is 11.5 Å². The summed E-state index contributed by atoms with van der Waals surface area (Å²) in [5, 5.41) is 8.96. The van der Waals surface area contributed by atoms with E-state index in [2.05, 4.69) is 9.88 Å². The number of carboxylic acids is 1. The summed E-state index contributed by atoms with van der Waals surface area (Å²) in [5.41, 5.74) is 5.57. The molecule has 3 rings (SSSR count). The van der Waals surface area contributed by atoms with E-state index in [4.69, 9.17) is 10.8 Å². The molecule has 0 aromatic carbocycles. The molecule has 2 fully saturated rings. The second kappa shape index (κ2) is 5.35. The summed E-state index contributed by atoms with van der Waals surface area (Å²) in [4.78, 5) is 28.8. The fourth-order valence-electron chi connectivity index (χ4n) is 3.78. The van der Waals surface area contributed by atoms with E-state index in [0.29, 0.717) is 12.1 Å². The molecule has 2 bridgehead atoms. The van der Waals surface area contributed by atoms with Gasteiger partial charge in [-0.1, -0.05) is 6.07 Å². The molecule has 6 heteroatoms. The Morgan fingerprint density at radius 3 is 2.52 bits per heavy atom. The van der Waals surface area contributed by atoms with Crippen LogP contribution in [0, 0.1) is 5.92 Å². The van der Waals surface area contributed by atoms with Crippen LogP contribution >= 0.6 is 0 Å². The molecule has 2 atom stereocenters. The van der Waals surface area contributed by atoms with Crippen LogP contribution in [-0.2, 0) is 4.79 Å². The number of nitrogens with two attached hydrogens (primary N) is 1. The van der Waals surface area contributed by atoms with E-state index in [1.54, 1.807) is 12.1 Å². The molecule has 2 unspecified atom stereocenters. The predicted octanol–water partition coefficient (Wildman–Crippen LogP) is 1.40. The smallest absolute Gasteiger partial charge is 0.303 e. The van der Waals surface area contributed by atoms with Crippen molar-refractivity contribution in [2.24, 2.45) is 11.7 Å². The van der Waals surface area contributed by atoms with Crippen LogP contribution in [0.25, 0.3) is 0 Å². The largest absolute Gasteiger partial charge is 0.481 e. The van der Waals surface area contributed by atoms with Gasteiger partial charge >= 0.3 is 5.97 Å². The summed E-state index contributed by atoms with van der Waals surface area (Å²) in [7, 11) is 0. The summed E-state index contributed by atoms with van der Waals surface area (Å²) in [6, 6.07) is 5.96. The first-order valence-electron chi connectivity index (χ1n) is 7.31. The van der Waals surface area contributed by atoms with E-state index in [-0.39, 0.29) is 18.0 Å². The van der Waals surface area contributed by atoms with Crippen molar-refractivity contribution in [3.8, 4) is 0 Å². The third-order valence-corrected chi connectivity index (χ3v) is 4.55. The van der Waals surface area contributed by atoms with Crippen molar-refractivity contribution in [3.05, 3.63) is 23.9 Å². The Morgan fingerprint density at radius 2 is 1.95 bits per heavy atom. The zero-order chi connectivity index (χ0) is 15.0. The third-order valence-electron chi connectivity index (χ3n) is 4.55.